The van der Waals surface area contributed by atoms with Gasteiger partial charge in [-0.05, 0) is 36.9 Å². The van der Waals surface area contributed by atoms with E-state index in [0.29, 0.717) is 11.5 Å². The Labute approximate surface area is 188 Å². The van der Waals surface area contributed by atoms with Crippen LogP contribution in [0.2, 0.25) is 0 Å². The van der Waals surface area contributed by atoms with Crippen molar-refractivity contribution in [2.75, 3.05) is 30.6 Å². The molecule has 0 aliphatic carbocycles. The number of thioether (sulfide) groups is 2. The Morgan fingerprint density at radius 2 is 1.26 bits per heavy atom. The zero-order valence-electron chi connectivity index (χ0n) is 17.3. The van der Waals surface area contributed by atoms with Crippen LogP contribution in [0.25, 0.3) is 0 Å². The van der Waals surface area contributed by atoms with Gasteiger partial charge in [0.1, 0.15) is 18.1 Å². The quantitative estimate of drug-likeness (QED) is 0.126. The number of carboxylic acid groups (broad SMARTS) is 2. The SMILES string of the molecule is CSCCC(NC(=O)C(CO)NC(=O)C(CCSC)NC(=O)C(N)CC(=O)O)C(=O)O. The Bertz CT molecular complexity index is 637. The van der Waals surface area contributed by atoms with Gasteiger partial charge in [0.15, 0.2) is 0 Å². The highest BCUT2D eigenvalue weighted by Crippen LogP contribution is 2.04. The van der Waals surface area contributed by atoms with Crippen LogP contribution in [0.5, 0.6) is 0 Å². The number of carbonyl (C=O) groups is 5. The third-order valence-corrected chi connectivity index (χ3v) is 5.30. The summed E-state index contributed by atoms with van der Waals surface area (Å²) in [5, 5.41) is 34.3. The maximum Gasteiger partial charge on any atom is 0.326 e. The Morgan fingerprint density at radius 3 is 1.71 bits per heavy atom. The van der Waals surface area contributed by atoms with E-state index >= 15 is 0 Å². The van der Waals surface area contributed by atoms with Crippen LogP contribution in [0.15, 0.2) is 0 Å². The lowest BCUT2D eigenvalue weighted by Gasteiger charge is -2.24. The summed E-state index contributed by atoms with van der Waals surface area (Å²) >= 11 is 2.79. The van der Waals surface area contributed by atoms with E-state index in [9.17, 15) is 34.2 Å². The minimum absolute atomic E-state index is 0.155. The van der Waals surface area contributed by atoms with Crippen molar-refractivity contribution in [3.8, 4) is 0 Å². The van der Waals surface area contributed by atoms with Crippen LogP contribution in [0, 0.1) is 0 Å². The summed E-state index contributed by atoms with van der Waals surface area (Å²) in [6.07, 6.45) is 3.24. The van der Waals surface area contributed by atoms with Crippen molar-refractivity contribution < 1.29 is 39.3 Å². The van der Waals surface area contributed by atoms with Crippen molar-refractivity contribution in [2.45, 2.75) is 43.4 Å². The summed E-state index contributed by atoms with van der Waals surface area (Å²) in [6.45, 7) is -0.797. The summed E-state index contributed by atoms with van der Waals surface area (Å²) in [7, 11) is 0. The first kappa shape index (κ1) is 29.0. The van der Waals surface area contributed by atoms with Gasteiger partial charge in [-0.2, -0.15) is 23.5 Å². The standard InChI is InChI=1S/C17H30N4O8S2/c1-30-5-3-10(19-14(25)9(18)7-13(23)24)15(26)21-12(8-22)16(27)20-11(17(28)29)4-6-31-2/h9-12,22H,3-8,18H2,1-2H3,(H,19,25)(H,20,27)(H,21,26)(H,23,24)(H,28,29). The zero-order chi connectivity index (χ0) is 24.0. The molecule has 0 radical (unpaired) electrons. The summed E-state index contributed by atoms with van der Waals surface area (Å²) in [5.74, 6) is -4.12. The Kier molecular flexibility index (Phi) is 14.7. The maximum absolute atomic E-state index is 12.6. The van der Waals surface area contributed by atoms with E-state index in [-0.39, 0.29) is 12.8 Å². The average molecular weight is 483 g/mol. The minimum Gasteiger partial charge on any atom is -0.481 e. The first-order valence-electron chi connectivity index (χ1n) is 9.27. The maximum atomic E-state index is 12.6. The van der Waals surface area contributed by atoms with Crippen LogP contribution in [0.3, 0.4) is 0 Å². The molecule has 0 aliphatic rings. The van der Waals surface area contributed by atoms with Crippen LogP contribution in [0.1, 0.15) is 19.3 Å². The topological polar surface area (TPSA) is 208 Å². The van der Waals surface area contributed by atoms with Crippen LogP contribution < -0.4 is 21.7 Å². The number of amides is 3. The number of carbonyl (C=O) groups excluding carboxylic acids is 3. The van der Waals surface area contributed by atoms with Gasteiger partial charge in [0, 0.05) is 0 Å². The molecule has 14 heteroatoms. The molecule has 0 heterocycles. The summed E-state index contributed by atoms with van der Waals surface area (Å²) in [6, 6.07) is -5.13. The van der Waals surface area contributed by atoms with Gasteiger partial charge in [-0.3, -0.25) is 19.2 Å². The number of rotatable bonds is 16. The second kappa shape index (κ2) is 15.7. The molecule has 0 saturated carbocycles. The van der Waals surface area contributed by atoms with Crippen molar-refractivity contribution in [3.63, 3.8) is 0 Å². The molecule has 0 spiro atoms. The normalized spacial score (nSPS) is 14.6. The second-order valence-corrected chi connectivity index (χ2v) is 8.44. The average Bonchev–Trinajstić information content (AvgIpc) is 2.70. The van der Waals surface area contributed by atoms with Gasteiger partial charge in [-0.1, -0.05) is 0 Å². The molecule has 4 atom stereocenters. The molecule has 31 heavy (non-hydrogen) atoms. The van der Waals surface area contributed by atoms with Crippen LogP contribution in [-0.4, -0.2) is 99.8 Å². The van der Waals surface area contributed by atoms with Crippen molar-refractivity contribution >= 4 is 53.2 Å². The van der Waals surface area contributed by atoms with Gasteiger partial charge in [-0.15, -0.1) is 0 Å². The van der Waals surface area contributed by atoms with Gasteiger partial charge >= 0.3 is 11.9 Å². The third kappa shape index (κ3) is 11.8. The molecular weight excluding hydrogens is 452 g/mol. The molecule has 0 bridgehead atoms. The van der Waals surface area contributed by atoms with Gasteiger partial charge in [0.25, 0.3) is 0 Å². The molecule has 8 N–H and O–H groups in total. The van der Waals surface area contributed by atoms with Gasteiger partial charge in [0.2, 0.25) is 17.7 Å². The molecule has 0 rings (SSSR count). The smallest absolute Gasteiger partial charge is 0.326 e. The van der Waals surface area contributed by atoms with Gasteiger partial charge in [0.05, 0.1) is 19.1 Å². The Hall–Kier alpha value is -2.03. The van der Waals surface area contributed by atoms with Crippen LogP contribution >= 0.6 is 23.5 Å². The largest absolute Gasteiger partial charge is 0.481 e. The number of aliphatic hydroxyl groups is 1. The number of nitrogens with two attached hydrogens (primary N) is 1. The van der Waals surface area contributed by atoms with E-state index in [1.54, 1.807) is 12.5 Å². The fourth-order valence-corrected chi connectivity index (χ4v) is 3.24. The first-order chi connectivity index (χ1) is 14.6. The highest BCUT2D eigenvalue weighted by atomic mass is 32.2. The van der Waals surface area contributed by atoms with Crippen molar-refractivity contribution in [2.24, 2.45) is 5.73 Å². The predicted octanol–water partition coefficient (Wildman–Crippen LogP) is -2.17. The fourth-order valence-electron chi connectivity index (χ4n) is 2.30. The molecule has 178 valence electrons. The van der Waals surface area contributed by atoms with Crippen LogP contribution in [-0.2, 0) is 24.0 Å². The zero-order valence-corrected chi connectivity index (χ0v) is 19.0. The monoisotopic (exact) mass is 482 g/mol. The lowest BCUT2D eigenvalue weighted by molar-refractivity contribution is -0.142. The van der Waals surface area contributed by atoms with E-state index in [2.05, 4.69) is 16.0 Å². The molecule has 0 aromatic carbocycles. The van der Waals surface area contributed by atoms with E-state index in [1.165, 1.54) is 23.5 Å². The van der Waals surface area contributed by atoms with Crippen LogP contribution in [0.4, 0.5) is 0 Å². The second-order valence-electron chi connectivity index (χ2n) is 6.47. The van der Waals surface area contributed by atoms with E-state index < -0.39 is 66.9 Å². The van der Waals surface area contributed by atoms with Gasteiger partial charge < -0.3 is 37.0 Å². The molecule has 0 fully saturated rings. The molecule has 12 nitrogen and oxygen atoms in total. The number of aliphatic hydroxyl groups excluding tert-OH is 1. The number of nitrogens with one attached hydrogen (secondary N) is 3. The summed E-state index contributed by atoms with van der Waals surface area (Å²) < 4.78 is 0. The minimum atomic E-state index is -1.44. The van der Waals surface area contributed by atoms with Crippen molar-refractivity contribution in [1.82, 2.24) is 16.0 Å². The van der Waals surface area contributed by atoms with Crippen molar-refractivity contribution in [3.05, 3.63) is 0 Å². The summed E-state index contributed by atoms with van der Waals surface area (Å²) in [5.41, 5.74) is 5.50. The van der Waals surface area contributed by atoms with E-state index in [4.69, 9.17) is 10.8 Å². The number of aliphatic carboxylic acids is 2. The molecular formula is C17H30N4O8S2. The van der Waals surface area contributed by atoms with Crippen molar-refractivity contribution in [1.29, 1.82) is 0 Å². The van der Waals surface area contributed by atoms with E-state index in [0.717, 1.165) is 0 Å². The first-order valence-corrected chi connectivity index (χ1v) is 12.1. The fraction of sp³-hybridized carbons (Fsp3) is 0.706. The predicted molar refractivity (Wildman–Crippen MR) is 117 cm³/mol. The highest BCUT2D eigenvalue weighted by molar-refractivity contribution is 7.98. The molecule has 0 aromatic rings. The molecule has 3 amide bonds. The lowest BCUT2D eigenvalue weighted by Crippen LogP contribution is -2.58. The van der Waals surface area contributed by atoms with E-state index in [1.807, 2.05) is 0 Å². The Morgan fingerprint density at radius 1 is 0.806 bits per heavy atom. The molecule has 4 unspecified atom stereocenters. The molecule has 0 aromatic heterocycles. The molecule has 0 saturated heterocycles. The Balaban J connectivity index is 5.16. The number of carboxylic acids is 2. The van der Waals surface area contributed by atoms with Gasteiger partial charge in [-0.25, -0.2) is 4.79 Å². The highest BCUT2D eigenvalue weighted by Gasteiger charge is 2.30. The number of hydrogen-bond acceptors (Lipinski definition) is 9. The third-order valence-electron chi connectivity index (χ3n) is 4.02. The summed E-state index contributed by atoms with van der Waals surface area (Å²) in [4.78, 5) is 59.0. The lowest BCUT2D eigenvalue weighted by atomic mass is 10.1. The number of hydrogen-bond donors (Lipinski definition) is 7. The molecule has 0 aliphatic heterocycles.